The van der Waals surface area contributed by atoms with Crippen LogP contribution in [-0.2, 0) is 11.2 Å². The lowest BCUT2D eigenvalue weighted by Gasteiger charge is -2.41. The molecule has 1 saturated heterocycles. The monoisotopic (exact) mass is 310 g/mol. The van der Waals surface area contributed by atoms with Gasteiger partial charge in [0, 0.05) is 25.2 Å². The fraction of sp³-hybridized carbons (Fsp3) is 0.562. The predicted octanol–water partition coefficient (Wildman–Crippen LogP) is 1.87. The van der Waals surface area contributed by atoms with Crippen molar-refractivity contribution < 1.29 is 9.53 Å². The minimum atomic E-state index is -0.0438. The van der Waals surface area contributed by atoms with Gasteiger partial charge in [-0.3, -0.25) is 4.79 Å². The van der Waals surface area contributed by atoms with Crippen LogP contribution in [0.25, 0.3) is 0 Å². The summed E-state index contributed by atoms with van der Waals surface area (Å²) in [5.41, 5.74) is 1.15. The van der Waals surface area contributed by atoms with Crippen LogP contribution in [0.5, 0.6) is 5.75 Å². The third-order valence-electron chi connectivity index (χ3n) is 4.55. The van der Waals surface area contributed by atoms with Crippen LogP contribution in [0.3, 0.4) is 0 Å². The first-order chi connectivity index (χ1) is 9.66. The van der Waals surface area contributed by atoms with E-state index in [0.717, 1.165) is 30.8 Å². The Kier molecular flexibility index (Phi) is 5.12. The first-order valence-electron chi connectivity index (χ1n) is 7.41. The summed E-state index contributed by atoms with van der Waals surface area (Å²) in [4.78, 5) is 14.8. The maximum Gasteiger partial charge on any atom is 0.229 e. The highest BCUT2D eigenvalue weighted by atomic mass is 35.5. The van der Waals surface area contributed by atoms with E-state index in [1.165, 1.54) is 0 Å². The number of nitrogens with one attached hydrogen (secondary N) is 1. The molecule has 0 spiro atoms. The number of benzene rings is 1. The third-order valence-corrected chi connectivity index (χ3v) is 4.55. The number of carbonyl (C=O) groups is 1. The Bertz CT molecular complexity index is 509. The Balaban J connectivity index is 0.00000161. The van der Waals surface area contributed by atoms with Gasteiger partial charge in [0.2, 0.25) is 5.91 Å². The summed E-state index contributed by atoms with van der Waals surface area (Å²) in [6, 6.07) is 8.60. The highest BCUT2D eigenvalue weighted by Crippen LogP contribution is 2.28. The van der Waals surface area contributed by atoms with Crippen molar-refractivity contribution in [3.63, 3.8) is 0 Å². The number of fused-ring (bicyclic) bond motifs is 1. The zero-order valence-corrected chi connectivity index (χ0v) is 13.4. The largest absolute Gasteiger partial charge is 0.492 e. The molecular weight excluding hydrogens is 288 g/mol. The zero-order chi connectivity index (χ0) is 14.1. The van der Waals surface area contributed by atoms with E-state index in [2.05, 4.69) is 25.2 Å². The molecule has 0 aromatic heterocycles. The molecule has 1 fully saturated rings. The fourth-order valence-corrected chi connectivity index (χ4v) is 3.09. The van der Waals surface area contributed by atoms with Gasteiger partial charge in [0.05, 0.1) is 5.92 Å². The fourth-order valence-electron chi connectivity index (χ4n) is 3.09. The molecule has 2 aliphatic rings. The molecule has 2 heterocycles. The number of ether oxygens (including phenoxy) is 1. The number of rotatable bonds is 1. The molecule has 1 aromatic rings. The van der Waals surface area contributed by atoms with Gasteiger partial charge >= 0.3 is 0 Å². The van der Waals surface area contributed by atoms with E-state index in [1.807, 2.05) is 23.1 Å². The summed E-state index contributed by atoms with van der Waals surface area (Å²) in [5, 5.41) is 3.41. The van der Waals surface area contributed by atoms with Crippen molar-refractivity contribution >= 4 is 18.3 Å². The van der Waals surface area contributed by atoms with Crippen molar-refractivity contribution in [1.29, 1.82) is 0 Å². The van der Waals surface area contributed by atoms with Crippen LogP contribution in [0.4, 0.5) is 0 Å². The normalized spacial score (nSPS) is 28.1. The van der Waals surface area contributed by atoms with E-state index < -0.39 is 0 Å². The number of amides is 1. The topological polar surface area (TPSA) is 41.6 Å². The van der Waals surface area contributed by atoms with Gasteiger partial charge in [-0.2, -0.15) is 0 Å². The molecule has 0 bridgehead atoms. The van der Waals surface area contributed by atoms with Crippen LogP contribution < -0.4 is 10.1 Å². The molecule has 4 nitrogen and oxygen atoms in total. The summed E-state index contributed by atoms with van der Waals surface area (Å²) >= 11 is 0. The zero-order valence-electron chi connectivity index (χ0n) is 12.5. The lowest BCUT2D eigenvalue weighted by Crippen LogP contribution is -2.59. The number of carbonyl (C=O) groups excluding carboxylic acids is 1. The average Bonchev–Trinajstić information content (AvgIpc) is 2.49. The summed E-state index contributed by atoms with van der Waals surface area (Å²) < 4.78 is 5.75. The molecule has 0 aliphatic carbocycles. The molecule has 3 rings (SSSR count). The maximum atomic E-state index is 12.7. The molecule has 3 unspecified atom stereocenters. The Morgan fingerprint density at radius 1 is 1.33 bits per heavy atom. The van der Waals surface area contributed by atoms with Crippen molar-refractivity contribution in [1.82, 2.24) is 10.2 Å². The molecular formula is C16H23ClN2O2. The molecule has 116 valence electrons. The first kappa shape index (κ1) is 16.1. The standard InChI is InChI=1S/C16H22N2O2.ClH/c1-11-12(2)18(8-7-17-11)16(19)14-9-13-5-3-4-6-15(13)20-10-14;/h3-6,11-12,14,17H,7-10H2,1-2H3;1H. The van der Waals surface area contributed by atoms with Crippen LogP contribution >= 0.6 is 12.4 Å². The van der Waals surface area contributed by atoms with Crippen LogP contribution in [0.2, 0.25) is 0 Å². The van der Waals surface area contributed by atoms with Gasteiger partial charge in [-0.1, -0.05) is 18.2 Å². The van der Waals surface area contributed by atoms with Gasteiger partial charge in [0.25, 0.3) is 0 Å². The minimum Gasteiger partial charge on any atom is -0.492 e. The predicted molar refractivity (Wildman–Crippen MR) is 85.0 cm³/mol. The van der Waals surface area contributed by atoms with E-state index in [9.17, 15) is 4.79 Å². The molecule has 1 aromatic carbocycles. The number of halogens is 1. The van der Waals surface area contributed by atoms with Crippen molar-refractivity contribution in [2.75, 3.05) is 19.7 Å². The van der Waals surface area contributed by atoms with E-state index >= 15 is 0 Å². The summed E-state index contributed by atoms with van der Waals surface area (Å²) in [6.45, 7) is 6.42. The molecule has 3 atom stereocenters. The summed E-state index contributed by atoms with van der Waals surface area (Å²) in [7, 11) is 0. The van der Waals surface area contributed by atoms with Gasteiger partial charge in [-0.05, 0) is 31.9 Å². The Labute approximate surface area is 132 Å². The van der Waals surface area contributed by atoms with Crippen LogP contribution in [0.15, 0.2) is 24.3 Å². The summed E-state index contributed by atoms with van der Waals surface area (Å²) in [6.07, 6.45) is 0.792. The Morgan fingerprint density at radius 2 is 2.10 bits per heavy atom. The average molecular weight is 311 g/mol. The van der Waals surface area contributed by atoms with E-state index in [-0.39, 0.29) is 30.3 Å². The minimum absolute atomic E-state index is 0. The second-order valence-corrected chi connectivity index (χ2v) is 5.83. The molecule has 0 radical (unpaired) electrons. The quantitative estimate of drug-likeness (QED) is 0.861. The maximum absolute atomic E-state index is 12.7. The number of nitrogens with zero attached hydrogens (tertiary/aromatic N) is 1. The van der Waals surface area contributed by atoms with Gasteiger partial charge in [-0.25, -0.2) is 0 Å². The Morgan fingerprint density at radius 3 is 2.90 bits per heavy atom. The molecule has 21 heavy (non-hydrogen) atoms. The van der Waals surface area contributed by atoms with Gasteiger partial charge in [-0.15, -0.1) is 12.4 Å². The highest BCUT2D eigenvalue weighted by molar-refractivity contribution is 5.85. The lowest BCUT2D eigenvalue weighted by atomic mass is 9.94. The highest BCUT2D eigenvalue weighted by Gasteiger charge is 2.34. The molecule has 1 amide bonds. The van der Waals surface area contributed by atoms with Crippen molar-refractivity contribution in [3.05, 3.63) is 29.8 Å². The van der Waals surface area contributed by atoms with Crippen molar-refractivity contribution in [2.24, 2.45) is 5.92 Å². The van der Waals surface area contributed by atoms with Gasteiger partial charge in [0.15, 0.2) is 0 Å². The van der Waals surface area contributed by atoms with Crippen molar-refractivity contribution in [3.8, 4) is 5.75 Å². The summed E-state index contributed by atoms with van der Waals surface area (Å²) in [5.74, 6) is 1.12. The SMILES string of the molecule is CC1NCCN(C(=O)C2COc3ccccc3C2)C1C.Cl. The second-order valence-electron chi connectivity index (χ2n) is 5.83. The van der Waals surface area contributed by atoms with E-state index in [0.29, 0.717) is 12.6 Å². The lowest BCUT2D eigenvalue weighted by molar-refractivity contribution is -0.140. The number of hydrogen-bond acceptors (Lipinski definition) is 3. The first-order valence-corrected chi connectivity index (χ1v) is 7.41. The van der Waals surface area contributed by atoms with E-state index in [4.69, 9.17) is 4.74 Å². The Hall–Kier alpha value is -1.26. The van der Waals surface area contributed by atoms with Gasteiger partial charge in [0.1, 0.15) is 12.4 Å². The molecule has 0 saturated carbocycles. The molecule has 5 heteroatoms. The van der Waals surface area contributed by atoms with Crippen LogP contribution in [-0.4, -0.2) is 42.6 Å². The smallest absolute Gasteiger partial charge is 0.229 e. The third kappa shape index (κ3) is 3.16. The van der Waals surface area contributed by atoms with Crippen LogP contribution in [0.1, 0.15) is 19.4 Å². The number of para-hydroxylation sites is 1. The van der Waals surface area contributed by atoms with E-state index in [1.54, 1.807) is 0 Å². The second kappa shape index (κ2) is 6.67. The molecule has 2 aliphatic heterocycles. The number of hydrogen-bond donors (Lipinski definition) is 1. The van der Waals surface area contributed by atoms with Crippen LogP contribution in [0, 0.1) is 5.92 Å². The molecule has 1 N–H and O–H groups in total. The van der Waals surface area contributed by atoms with Gasteiger partial charge < -0.3 is 15.0 Å². The van der Waals surface area contributed by atoms with Crippen molar-refractivity contribution in [2.45, 2.75) is 32.4 Å². The number of piperazine rings is 1.